The first-order chi connectivity index (χ1) is 16.6. The Morgan fingerprint density at radius 3 is 2.57 bits per heavy atom. The predicted octanol–water partition coefficient (Wildman–Crippen LogP) is 3.06. The molecule has 1 saturated heterocycles. The lowest BCUT2D eigenvalue weighted by atomic mass is 9.69. The van der Waals surface area contributed by atoms with Gasteiger partial charge in [-0.2, -0.15) is 0 Å². The Morgan fingerprint density at radius 2 is 1.97 bits per heavy atom. The van der Waals surface area contributed by atoms with Gasteiger partial charge in [0.25, 0.3) is 0 Å². The number of esters is 1. The largest absolute Gasteiger partial charge is 0.457 e. The van der Waals surface area contributed by atoms with Crippen LogP contribution >= 0.6 is 0 Å². The molecule has 194 valence electrons. The van der Waals surface area contributed by atoms with Crippen molar-refractivity contribution in [2.75, 3.05) is 7.11 Å². The van der Waals surface area contributed by atoms with Crippen molar-refractivity contribution in [3.8, 4) is 0 Å². The van der Waals surface area contributed by atoms with Crippen LogP contribution in [0.5, 0.6) is 0 Å². The van der Waals surface area contributed by atoms with E-state index in [2.05, 4.69) is 30.1 Å². The Labute approximate surface area is 208 Å². The first-order valence-corrected chi connectivity index (χ1v) is 12.7. The summed E-state index contributed by atoms with van der Waals surface area (Å²) in [4.78, 5) is 17.2. The number of carbonyl (C=O) groups is 1. The maximum Gasteiger partial charge on any atom is 0.335 e. The molecule has 1 spiro atoms. The molecule has 2 bridgehead atoms. The van der Waals surface area contributed by atoms with Gasteiger partial charge in [0.15, 0.2) is 6.10 Å². The van der Waals surface area contributed by atoms with Gasteiger partial charge in [0.05, 0.1) is 36.3 Å². The van der Waals surface area contributed by atoms with E-state index in [1.54, 1.807) is 19.4 Å². The first kappa shape index (κ1) is 26.1. The summed E-state index contributed by atoms with van der Waals surface area (Å²) in [6.45, 7) is 9.53. The minimum Gasteiger partial charge on any atom is -0.457 e. The zero-order valence-corrected chi connectivity index (χ0v) is 21.6. The van der Waals surface area contributed by atoms with E-state index in [9.17, 15) is 15.0 Å². The van der Waals surface area contributed by atoms with E-state index >= 15 is 0 Å². The molecule has 3 aliphatic rings. The summed E-state index contributed by atoms with van der Waals surface area (Å²) in [5, 5.41) is 20.9. The molecule has 35 heavy (non-hydrogen) atoms. The van der Waals surface area contributed by atoms with Crippen LogP contribution in [0.15, 0.2) is 42.5 Å². The zero-order valence-electron chi connectivity index (χ0n) is 21.6. The van der Waals surface area contributed by atoms with Crippen molar-refractivity contribution < 1.29 is 29.2 Å². The molecule has 0 radical (unpaired) electrons. The molecule has 1 unspecified atom stereocenters. The molecule has 1 fully saturated rings. The number of fused-ring (bicyclic) bond motifs is 1. The van der Waals surface area contributed by atoms with Crippen LogP contribution in [0.1, 0.15) is 53.5 Å². The minimum absolute atomic E-state index is 0.0686. The molecule has 0 aromatic carbocycles. The number of ether oxygens (including phenoxy) is 3. The molecular weight excluding hydrogens is 448 g/mol. The van der Waals surface area contributed by atoms with Gasteiger partial charge in [0.2, 0.25) is 0 Å². The fourth-order valence-electron chi connectivity index (χ4n) is 6.31. The third-order valence-electron chi connectivity index (χ3n) is 8.44. The van der Waals surface area contributed by atoms with Gasteiger partial charge in [-0.1, -0.05) is 32.1 Å². The molecule has 0 saturated carbocycles. The molecule has 11 atom stereocenters. The van der Waals surface area contributed by atoms with Crippen molar-refractivity contribution in [2.24, 2.45) is 23.7 Å². The van der Waals surface area contributed by atoms with Crippen molar-refractivity contribution in [1.29, 1.82) is 0 Å². The van der Waals surface area contributed by atoms with Crippen LogP contribution in [0.3, 0.4) is 0 Å². The number of nitrogens with zero attached hydrogens (tertiary/aromatic N) is 2. The van der Waals surface area contributed by atoms with E-state index in [1.165, 1.54) is 7.11 Å². The van der Waals surface area contributed by atoms with Crippen LogP contribution in [0.4, 0.5) is 0 Å². The molecule has 1 aromatic rings. The Bertz CT molecular complexity index is 941. The highest BCUT2D eigenvalue weighted by molar-refractivity contribution is 5.75. The SMILES string of the molecule is CO[C@H]1C[C@H]2C=C[C@@H]3C[C@]2(O[C@H]3C([C@H](C)[C@H](C)O)n2ccnc2)/C(C)=C/[C@@H](C)[C@@H]([C@@H](C)O)OC1=O. The van der Waals surface area contributed by atoms with E-state index in [0.717, 1.165) is 12.0 Å². The smallest absolute Gasteiger partial charge is 0.335 e. The van der Waals surface area contributed by atoms with Gasteiger partial charge in [-0.15, -0.1) is 0 Å². The monoisotopic (exact) mass is 488 g/mol. The fourth-order valence-corrected chi connectivity index (χ4v) is 6.31. The van der Waals surface area contributed by atoms with Gasteiger partial charge in [0.1, 0.15) is 6.10 Å². The number of imidazole rings is 1. The third kappa shape index (κ3) is 4.73. The summed E-state index contributed by atoms with van der Waals surface area (Å²) < 4.78 is 20.4. The van der Waals surface area contributed by atoms with Crippen LogP contribution in [0.25, 0.3) is 0 Å². The maximum absolute atomic E-state index is 13.0. The number of hydrogen-bond donors (Lipinski definition) is 2. The van der Waals surface area contributed by atoms with Gasteiger partial charge in [0, 0.05) is 43.2 Å². The lowest BCUT2D eigenvalue weighted by Crippen LogP contribution is -2.46. The Morgan fingerprint density at radius 1 is 1.23 bits per heavy atom. The summed E-state index contributed by atoms with van der Waals surface area (Å²) in [7, 11) is 1.51. The normalized spacial score (nSPS) is 40.1. The second-order valence-corrected chi connectivity index (χ2v) is 10.7. The number of cyclic esters (lactones) is 1. The van der Waals surface area contributed by atoms with E-state index < -0.39 is 36.0 Å². The summed E-state index contributed by atoms with van der Waals surface area (Å²) in [5.41, 5.74) is 0.451. The zero-order chi connectivity index (χ0) is 25.5. The van der Waals surface area contributed by atoms with Crippen LogP contribution in [-0.4, -0.2) is 69.0 Å². The van der Waals surface area contributed by atoms with Crippen molar-refractivity contribution in [1.82, 2.24) is 9.55 Å². The number of carbonyl (C=O) groups excluding carboxylic acids is 1. The molecule has 3 heterocycles. The number of aliphatic hydroxyl groups excluding tert-OH is 2. The Hall–Kier alpha value is -2.00. The molecule has 0 amide bonds. The second kappa shape index (κ2) is 10.2. The first-order valence-electron chi connectivity index (χ1n) is 12.7. The number of aromatic nitrogens is 2. The molecular formula is C27H40N2O6. The van der Waals surface area contributed by atoms with Crippen molar-refractivity contribution in [3.05, 3.63) is 42.5 Å². The Kier molecular flexibility index (Phi) is 7.57. The second-order valence-electron chi connectivity index (χ2n) is 10.7. The van der Waals surface area contributed by atoms with Gasteiger partial charge in [-0.05, 0) is 39.2 Å². The summed E-state index contributed by atoms with van der Waals surface area (Å²) >= 11 is 0. The van der Waals surface area contributed by atoms with Crippen molar-refractivity contribution >= 4 is 5.97 Å². The molecule has 2 aliphatic heterocycles. The predicted molar refractivity (Wildman–Crippen MR) is 130 cm³/mol. The van der Waals surface area contributed by atoms with Gasteiger partial charge in [-0.25, -0.2) is 9.78 Å². The molecule has 8 heteroatoms. The molecule has 4 rings (SSSR count). The van der Waals surface area contributed by atoms with Crippen LogP contribution in [-0.2, 0) is 19.0 Å². The molecule has 1 aliphatic carbocycles. The van der Waals surface area contributed by atoms with E-state index in [0.29, 0.717) is 6.42 Å². The van der Waals surface area contributed by atoms with Crippen LogP contribution in [0, 0.1) is 23.7 Å². The molecule has 8 nitrogen and oxygen atoms in total. The van der Waals surface area contributed by atoms with Crippen molar-refractivity contribution in [2.45, 2.75) is 89.6 Å². The highest BCUT2D eigenvalue weighted by atomic mass is 16.6. The van der Waals surface area contributed by atoms with Crippen LogP contribution in [0.2, 0.25) is 0 Å². The van der Waals surface area contributed by atoms with Crippen molar-refractivity contribution in [3.63, 3.8) is 0 Å². The standard InChI is InChI=1S/C27H40N2O6/c1-15-11-16(2)27-13-20(25(35-27)23(17(3)18(4)30)29-10-9-28-14-29)7-8-21(27)12-22(33-6)26(32)34-24(15)19(5)31/h7-11,14-15,17-25,30-31H,12-13H2,1-6H3/b16-11+/t15-,17-,18+,19-,20-,21-,22+,23?,24+,25-,27+/m1/s1. The fraction of sp³-hybridized carbons (Fsp3) is 0.704. The lowest BCUT2D eigenvalue weighted by Gasteiger charge is -2.42. The number of hydrogen-bond acceptors (Lipinski definition) is 7. The van der Waals surface area contributed by atoms with Gasteiger partial charge >= 0.3 is 5.97 Å². The quantitative estimate of drug-likeness (QED) is 0.469. The van der Waals surface area contributed by atoms with Gasteiger partial charge < -0.3 is 29.0 Å². The van der Waals surface area contributed by atoms with E-state index in [4.69, 9.17) is 14.2 Å². The summed E-state index contributed by atoms with van der Waals surface area (Å²) in [5.74, 6) is -0.684. The van der Waals surface area contributed by atoms with E-state index in [1.807, 2.05) is 31.5 Å². The maximum atomic E-state index is 13.0. The Balaban J connectivity index is 1.78. The van der Waals surface area contributed by atoms with Crippen LogP contribution < -0.4 is 0 Å². The average Bonchev–Trinajstić information content (AvgIpc) is 3.44. The van der Waals surface area contributed by atoms with Gasteiger partial charge in [-0.3, -0.25) is 0 Å². The van der Waals surface area contributed by atoms with E-state index in [-0.39, 0.29) is 35.8 Å². The highest BCUT2D eigenvalue weighted by Gasteiger charge is 2.57. The minimum atomic E-state index is -0.822. The third-order valence-corrected chi connectivity index (χ3v) is 8.44. The highest BCUT2D eigenvalue weighted by Crippen LogP contribution is 2.54. The molecule has 1 aromatic heterocycles. The topological polar surface area (TPSA) is 103 Å². The summed E-state index contributed by atoms with van der Waals surface area (Å²) in [6, 6.07) is -0.112. The number of methoxy groups -OCH3 is 1. The average molecular weight is 489 g/mol. The summed E-state index contributed by atoms with van der Waals surface area (Å²) in [6.07, 6.45) is 10.2. The number of aliphatic hydroxyl groups is 2. The lowest BCUT2D eigenvalue weighted by molar-refractivity contribution is -0.171. The number of rotatable bonds is 6. The molecule has 2 N–H and O–H groups in total.